The zero-order valence-electron chi connectivity index (χ0n) is 22.1. The number of nitrogens with zero attached hydrogens (tertiary/aromatic N) is 1. The first-order valence-electron chi connectivity index (χ1n) is 13.2. The normalized spacial score (nSPS) is 11.5. The summed E-state index contributed by atoms with van der Waals surface area (Å²) in [6, 6.07) is 25.5. The lowest BCUT2D eigenvalue weighted by atomic mass is 10.1. The summed E-state index contributed by atoms with van der Waals surface area (Å²) in [7, 11) is 0. The van der Waals surface area contributed by atoms with Crippen molar-refractivity contribution in [1.82, 2.24) is 5.32 Å². The SMILES string of the molecule is CCCCCCNC(=O)N(c1cccc(Sc2ccc(OC(=O)CCC)cc2)c1)C(C)c1ccccc1. The molecule has 0 heterocycles. The molecular weight excluding hydrogens is 480 g/mol. The first-order valence-corrected chi connectivity index (χ1v) is 14.0. The van der Waals surface area contributed by atoms with Crippen LogP contribution < -0.4 is 15.0 Å². The van der Waals surface area contributed by atoms with Crippen LogP contribution in [0, 0.1) is 0 Å². The Balaban J connectivity index is 1.76. The molecule has 0 saturated carbocycles. The summed E-state index contributed by atoms with van der Waals surface area (Å²) in [5.74, 6) is 0.335. The minimum Gasteiger partial charge on any atom is -0.427 e. The van der Waals surface area contributed by atoms with Gasteiger partial charge in [-0.1, -0.05) is 81.3 Å². The maximum atomic E-state index is 13.4. The van der Waals surface area contributed by atoms with Crippen molar-refractivity contribution >= 4 is 29.4 Å². The molecule has 1 N–H and O–H groups in total. The summed E-state index contributed by atoms with van der Waals surface area (Å²) in [5.41, 5.74) is 1.92. The number of hydrogen-bond acceptors (Lipinski definition) is 4. The van der Waals surface area contributed by atoms with Crippen LogP contribution in [0.1, 0.15) is 70.9 Å². The van der Waals surface area contributed by atoms with E-state index >= 15 is 0 Å². The smallest absolute Gasteiger partial charge is 0.322 e. The zero-order chi connectivity index (χ0) is 26.5. The molecule has 0 aliphatic carbocycles. The van der Waals surface area contributed by atoms with E-state index in [0.717, 1.165) is 40.3 Å². The molecule has 5 nitrogen and oxygen atoms in total. The van der Waals surface area contributed by atoms with Gasteiger partial charge in [-0.2, -0.15) is 0 Å². The number of amides is 2. The van der Waals surface area contributed by atoms with E-state index in [9.17, 15) is 9.59 Å². The maximum absolute atomic E-state index is 13.4. The second-order valence-electron chi connectivity index (χ2n) is 9.04. The fraction of sp³-hybridized carbons (Fsp3) is 0.355. The minimum atomic E-state index is -0.216. The summed E-state index contributed by atoms with van der Waals surface area (Å²) in [6.07, 6.45) is 5.62. The van der Waals surface area contributed by atoms with Gasteiger partial charge in [0.15, 0.2) is 0 Å². The van der Waals surface area contributed by atoms with E-state index in [2.05, 4.69) is 37.4 Å². The van der Waals surface area contributed by atoms with Crippen molar-refractivity contribution in [3.8, 4) is 5.75 Å². The summed E-state index contributed by atoms with van der Waals surface area (Å²) in [4.78, 5) is 29.0. The predicted octanol–water partition coefficient (Wildman–Crippen LogP) is 8.40. The van der Waals surface area contributed by atoms with E-state index < -0.39 is 0 Å². The highest BCUT2D eigenvalue weighted by Crippen LogP contribution is 2.34. The Kier molecular flexibility index (Phi) is 11.6. The van der Waals surface area contributed by atoms with Crippen molar-refractivity contribution in [2.75, 3.05) is 11.4 Å². The van der Waals surface area contributed by atoms with Crippen LogP contribution in [0.25, 0.3) is 0 Å². The molecule has 1 atom stereocenters. The number of unbranched alkanes of at least 4 members (excludes halogenated alkanes) is 3. The van der Waals surface area contributed by atoms with Crippen molar-refractivity contribution in [3.05, 3.63) is 84.4 Å². The van der Waals surface area contributed by atoms with E-state index in [-0.39, 0.29) is 18.0 Å². The van der Waals surface area contributed by atoms with Gasteiger partial charge in [0.1, 0.15) is 5.75 Å². The Labute approximate surface area is 225 Å². The van der Waals surface area contributed by atoms with Gasteiger partial charge in [-0.25, -0.2) is 4.79 Å². The Morgan fingerprint density at radius 2 is 1.62 bits per heavy atom. The van der Waals surface area contributed by atoms with Gasteiger partial charge in [-0.3, -0.25) is 9.69 Å². The lowest BCUT2D eigenvalue weighted by Gasteiger charge is -2.30. The number of nitrogens with one attached hydrogen (secondary N) is 1. The molecule has 0 spiro atoms. The third-order valence-corrected chi connectivity index (χ3v) is 7.03. The topological polar surface area (TPSA) is 58.6 Å². The Hall–Kier alpha value is -3.25. The molecule has 37 heavy (non-hydrogen) atoms. The van der Waals surface area contributed by atoms with E-state index in [1.165, 1.54) is 12.8 Å². The molecule has 196 valence electrons. The molecule has 0 fully saturated rings. The molecule has 0 saturated heterocycles. The lowest BCUT2D eigenvalue weighted by Crippen LogP contribution is -2.42. The van der Waals surface area contributed by atoms with Gasteiger partial charge in [-0.15, -0.1) is 0 Å². The second kappa shape index (κ2) is 15.1. The van der Waals surface area contributed by atoms with Crippen LogP contribution in [0.15, 0.2) is 88.7 Å². The quantitative estimate of drug-likeness (QED) is 0.140. The molecule has 6 heteroatoms. The van der Waals surface area contributed by atoms with Gasteiger partial charge in [-0.05, 0) is 67.8 Å². The van der Waals surface area contributed by atoms with Crippen LogP contribution in [-0.4, -0.2) is 18.5 Å². The second-order valence-corrected chi connectivity index (χ2v) is 10.2. The van der Waals surface area contributed by atoms with Crippen LogP contribution in [-0.2, 0) is 4.79 Å². The molecule has 0 aliphatic rings. The van der Waals surface area contributed by atoms with Crippen LogP contribution in [0.2, 0.25) is 0 Å². The average molecular weight is 519 g/mol. The van der Waals surface area contributed by atoms with Crippen molar-refractivity contribution in [3.63, 3.8) is 0 Å². The molecule has 0 bridgehead atoms. The van der Waals surface area contributed by atoms with Crippen LogP contribution in [0.4, 0.5) is 10.5 Å². The number of benzene rings is 3. The largest absolute Gasteiger partial charge is 0.427 e. The van der Waals surface area contributed by atoms with Crippen molar-refractivity contribution in [1.29, 1.82) is 0 Å². The standard InChI is InChI=1S/C31H38N2O3S/c1-4-6-7-11-22-32-31(35)33(24(3)25-14-9-8-10-15-25)26-16-12-17-29(23-26)37-28-20-18-27(19-21-28)36-30(34)13-5-2/h8-10,12,14-21,23-24H,4-7,11,13,22H2,1-3H3,(H,32,35). The van der Waals surface area contributed by atoms with Crippen molar-refractivity contribution < 1.29 is 14.3 Å². The molecule has 3 aromatic carbocycles. The van der Waals surface area contributed by atoms with E-state index in [4.69, 9.17) is 4.74 Å². The van der Waals surface area contributed by atoms with Gasteiger partial charge in [0.2, 0.25) is 0 Å². The Bertz CT molecular complexity index is 1120. The summed E-state index contributed by atoms with van der Waals surface area (Å²) < 4.78 is 5.36. The van der Waals surface area contributed by atoms with Gasteiger partial charge < -0.3 is 10.1 Å². The van der Waals surface area contributed by atoms with Crippen molar-refractivity contribution in [2.24, 2.45) is 0 Å². The third-order valence-electron chi connectivity index (χ3n) is 6.04. The van der Waals surface area contributed by atoms with E-state index in [0.29, 0.717) is 18.7 Å². The lowest BCUT2D eigenvalue weighted by molar-refractivity contribution is -0.134. The molecule has 3 rings (SSSR count). The van der Waals surface area contributed by atoms with Crippen LogP contribution in [0.3, 0.4) is 0 Å². The number of ether oxygens (including phenoxy) is 1. The zero-order valence-corrected chi connectivity index (χ0v) is 22.9. The molecule has 1 unspecified atom stereocenters. The van der Waals surface area contributed by atoms with Crippen molar-refractivity contribution in [2.45, 2.75) is 75.1 Å². The molecular formula is C31H38N2O3S. The van der Waals surface area contributed by atoms with Gasteiger partial charge in [0.05, 0.1) is 6.04 Å². The summed E-state index contributed by atoms with van der Waals surface area (Å²) in [5, 5.41) is 3.13. The highest BCUT2D eigenvalue weighted by molar-refractivity contribution is 7.99. The third kappa shape index (κ3) is 8.97. The highest BCUT2D eigenvalue weighted by atomic mass is 32.2. The number of carbonyl (C=O) groups is 2. The minimum absolute atomic E-state index is 0.0896. The fourth-order valence-corrected chi connectivity index (χ4v) is 4.90. The molecule has 3 aromatic rings. The number of urea groups is 1. The predicted molar refractivity (Wildman–Crippen MR) is 152 cm³/mol. The monoisotopic (exact) mass is 518 g/mol. The van der Waals surface area contributed by atoms with Gasteiger partial charge in [0, 0.05) is 28.4 Å². The maximum Gasteiger partial charge on any atom is 0.322 e. The molecule has 0 radical (unpaired) electrons. The Morgan fingerprint density at radius 1 is 0.865 bits per heavy atom. The average Bonchev–Trinajstić information content (AvgIpc) is 2.91. The van der Waals surface area contributed by atoms with Gasteiger partial charge in [0.25, 0.3) is 0 Å². The first-order chi connectivity index (χ1) is 18.0. The van der Waals surface area contributed by atoms with E-state index in [1.807, 2.05) is 72.5 Å². The number of hydrogen-bond donors (Lipinski definition) is 1. The van der Waals surface area contributed by atoms with Crippen LogP contribution in [0.5, 0.6) is 5.75 Å². The summed E-state index contributed by atoms with van der Waals surface area (Å²) >= 11 is 1.60. The van der Waals surface area contributed by atoms with Crippen LogP contribution >= 0.6 is 11.8 Å². The Morgan fingerprint density at radius 3 is 2.32 bits per heavy atom. The molecule has 0 aromatic heterocycles. The number of carbonyl (C=O) groups excluding carboxylic acids is 2. The molecule has 2 amide bonds. The highest BCUT2D eigenvalue weighted by Gasteiger charge is 2.23. The summed E-state index contributed by atoms with van der Waals surface area (Å²) in [6.45, 7) is 6.86. The van der Waals surface area contributed by atoms with E-state index in [1.54, 1.807) is 11.8 Å². The fourth-order valence-electron chi connectivity index (χ4n) is 4.02. The number of esters is 1. The number of rotatable bonds is 13. The van der Waals surface area contributed by atoms with Gasteiger partial charge >= 0.3 is 12.0 Å². The first kappa shape index (κ1) is 28.3. The number of anilines is 1. The molecule has 0 aliphatic heterocycles.